The largest absolute Gasteiger partial charge is 0.496 e. The van der Waals surface area contributed by atoms with E-state index in [1.54, 1.807) is 18.7 Å². The molecule has 136 valence electrons. The third kappa shape index (κ3) is 4.18. The molecule has 1 aromatic rings. The molecule has 1 heterocycles. The molecule has 0 aromatic heterocycles. The van der Waals surface area contributed by atoms with Crippen LogP contribution in [0.4, 0.5) is 22.0 Å². The quantitative estimate of drug-likeness (QED) is 0.703. The molecule has 7 heteroatoms. The van der Waals surface area contributed by atoms with Gasteiger partial charge in [0, 0.05) is 38.0 Å². The van der Waals surface area contributed by atoms with Gasteiger partial charge < -0.3 is 4.74 Å². The lowest BCUT2D eigenvalue weighted by Gasteiger charge is -2.33. The first-order valence-electron chi connectivity index (χ1n) is 7.92. The summed E-state index contributed by atoms with van der Waals surface area (Å²) in [7, 11) is 1.34. The van der Waals surface area contributed by atoms with Crippen molar-refractivity contribution in [2.45, 2.75) is 51.3 Å². The smallest absolute Gasteiger partial charge is 0.417 e. The maximum atomic E-state index is 13.7. The van der Waals surface area contributed by atoms with Crippen molar-refractivity contribution >= 4 is 0 Å². The summed E-state index contributed by atoms with van der Waals surface area (Å²) in [5.74, 6) is -2.89. The van der Waals surface area contributed by atoms with E-state index in [1.165, 1.54) is 19.2 Å². The van der Waals surface area contributed by atoms with E-state index in [2.05, 4.69) is 0 Å². The molecule has 0 aliphatic carbocycles. The van der Waals surface area contributed by atoms with Gasteiger partial charge in [0.1, 0.15) is 5.75 Å². The van der Waals surface area contributed by atoms with E-state index in [-0.39, 0.29) is 55.3 Å². The number of benzene rings is 1. The molecule has 0 spiro atoms. The van der Waals surface area contributed by atoms with Gasteiger partial charge in [-0.1, -0.05) is 19.9 Å². The summed E-state index contributed by atoms with van der Waals surface area (Å²) in [6.07, 6.45) is -5.16. The molecule has 24 heavy (non-hydrogen) atoms. The van der Waals surface area contributed by atoms with Gasteiger partial charge >= 0.3 is 6.18 Å². The molecule has 1 fully saturated rings. The Balaban J connectivity index is 2.38. The van der Waals surface area contributed by atoms with Gasteiger partial charge in [-0.2, -0.15) is 13.2 Å². The fourth-order valence-electron chi connectivity index (χ4n) is 3.14. The van der Waals surface area contributed by atoms with Crippen molar-refractivity contribution in [3.05, 3.63) is 28.8 Å². The summed E-state index contributed by atoms with van der Waals surface area (Å²) < 4.78 is 72.6. The zero-order valence-corrected chi connectivity index (χ0v) is 14.0. The highest BCUT2D eigenvalue weighted by atomic mass is 19.4. The summed E-state index contributed by atoms with van der Waals surface area (Å²) in [5, 5.41) is 0. The average Bonchev–Trinajstić information content (AvgIpc) is 2.47. The molecule has 0 N–H and O–H groups in total. The molecule has 0 radical (unpaired) electrons. The average molecular weight is 351 g/mol. The molecule has 1 aliphatic heterocycles. The zero-order valence-electron chi connectivity index (χ0n) is 14.0. The minimum absolute atomic E-state index is 0.00857. The number of alkyl halides is 5. The summed E-state index contributed by atoms with van der Waals surface area (Å²) in [6.45, 7) is 3.55. The Bertz CT molecular complexity index is 573. The Kier molecular flexibility index (Phi) is 5.42. The molecular formula is C17H22F5NO. The number of rotatable bonds is 4. The van der Waals surface area contributed by atoms with Gasteiger partial charge in [0.05, 0.1) is 12.7 Å². The van der Waals surface area contributed by atoms with Crippen LogP contribution >= 0.6 is 0 Å². The van der Waals surface area contributed by atoms with Crippen LogP contribution in [0.1, 0.15) is 49.3 Å². The number of halogens is 5. The van der Waals surface area contributed by atoms with Crippen molar-refractivity contribution < 1.29 is 26.7 Å². The Morgan fingerprint density at radius 2 is 1.75 bits per heavy atom. The molecule has 1 saturated heterocycles. The molecule has 0 atom stereocenters. The molecular weight excluding hydrogens is 329 g/mol. The van der Waals surface area contributed by atoms with Crippen LogP contribution in [0, 0.1) is 0 Å². The third-order valence-corrected chi connectivity index (χ3v) is 4.35. The summed E-state index contributed by atoms with van der Waals surface area (Å²) in [4.78, 5) is 1.65. The van der Waals surface area contributed by atoms with Gasteiger partial charge in [-0.25, -0.2) is 8.78 Å². The number of hydrogen-bond donors (Lipinski definition) is 0. The molecule has 0 bridgehead atoms. The molecule has 0 saturated carbocycles. The van der Waals surface area contributed by atoms with Gasteiger partial charge in [0.25, 0.3) is 5.92 Å². The number of ether oxygens (including phenoxy) is 1. The molecule has 0 unspecified atom stereocenters. The van der Waals surface area contributed by atoms with Gasteiger partial charge in [-0.05, 0) is 17.5 Å². The minimum atomic E-state index is -4.52. The van der Waals surface area contributed by atoms with Gasteiger partial charge in [-0.3, -0.25) is 4.90 Å². The Hall–Kier alpha value is -1.37. The number of methoxy groups -OCH3 is 1. The van der Waals surface area contributed by atoms with Crippen LogP contribution in [0.2, 0.25) is 0 Å². The predicted octanol–water partition coefficient (Wildman–Crippen LogP) is 5.07. The van der Waals surface area contributed by atoms with Crippen molar-refractivity contribution in [3.63, 3.8) is 0 Å². The lowest BCUT2D eigenvalue weighted by atomic mass is 9.91. The van der Waals surface area contributed by atoms with Crippen LogP contribution in [0.25, 0.3) is 0 Å². The Morgan fingerprint density at radius 3 is 2.21 bits per heavy atom. The maximum Gasteiger partial charge on any atom is 0.417 e. The van der Waals surface area contributed by atoms with Crippen molar-refractivity contribution in [3.8, 4) is 5.75 Å². The van der Waals surface area contributed by atoms with Crippen LogP contribution < -0.4 is 4.74 Å². The van der Waals surface area contributed by atoms with Crippen molar-refractivity contribution in [1.82, 2.24) is 4.90 Å². The van der Waals surface area contributed by atoms with E-state index < -0.39 is 17.7 Å². The highest BCUT2D eigenvalue weighted by molar-refractivity contribution is 5.48. The van der Waals surface area contributed by atoms with E-state index in [0.29, 0.717) is 0 Å². The van der Waals surface area contributed by atoms with Crippen molar-refractivity contribution in [2.75, 3.05) is 20.2 Å². The second-order valence-electron chi connectivity index (χ2n) is 6.50. The molecule has 1 aliphatic rings. The zero-order chi connectivity index (χ0) is 18.1. The predicted molar refractivity (Wildman–Crippen MR) is 81.5 cm³/mol. The summed E-state index contributed by atoms with van der Waals surface area (Å²) in [6, 6.07) is 2.92. The topological polar surface area (TPSA) is 12.5 Å². The van der Waals surface area contributed by atoms with Crippen LogP contribution in [0.3, 0.4) is 0 Å². The standard InChI is InChI=1S/C17H22F5NO/c1-11(2)14-13(24-3)5-4-12(15(14)17(20,21)22)10-23-8-6-16(18,19)7-9-23/h4-5,11H,6-10H2,1-3H3. The molecule has 2 rings (SSSR count). The van der Waals surface area contributed by atoms with Crippen LogP contribution in [-0.4, -0.2) is 31.0 Å². The van der Waals surface area contributed by atoms with Gasteiger partial charge in [-0.15, -0.1) is 0 Å². The first kappa shape index (κ1) is 19.0. The normalized spacial score (nSPS) is 18.9. The number of nitrogens with zero attached hydrogens (tertiary/aromatic N) is 1. The van der Waals surface area contributed by atoms with Gasteiger partial charge in [0.2, 0.25) is 0 Å². The summed E-state index contributed by atoms with van der Waals surface area (Å²) >= 11 is 0. The first-order valence-corrected chi connectivity index (χ1v) is 7.92. The number of likely N-dealkylation sites (tertiary alicyclic amines) is 1. The van der Waals surface area contributed by atoms with E-state index in [0.717, 1.165) is 0 Å². The molecule has 0 amide bonds. The highest BCUT2D eigenvalue weighted by Crippen LogP contribution is 2.42. The van der Waals surface area contributed by atoms with Crippen molar-refractivity contribution in [2.24, 2.45) is 0 Å². The Labute approximate surface area is 138 Å². The minimum Gasteiger partial charge on any atom is -0.496 e. The van der Waals surface area contributed by atoms with E-state index in [9.17, 15) is 22.0 Å². The number of hydrogen-bond acceptors (Lipinski definition) is 2. The van der Waals surface area contributed by atoms with E-state index in [4.69, 9.17) is 4.74 Å². The monoisotopic (exact) mass is 351 g/mol. The van der Waals surface area contributed by atoms with Crippen LogP contribution in [0.15, 0.2) is 12.1 Å². The second-order valence-corrected chi connectivity index (χ2v) is 6.50. The summed E-state index contributed by atoms with van der Waals surface area (Å²) in [5.41, 5.74) is -0.476. The van der Waals surface area contributed by atoms with Crippen LogP contribution in [-0.2, 0) is 12.7 Å². The number of piperidine rings is 1. The fraction of sp³-hybridized carbons (Fsp3) is 0.647. The second kappa shape index (κ2) is 6.86. The molecule has 1 aromatic carbocycles. The highest BCUT2D eigenvalue weighted by Gasteiger charge is 2.39. The van der Waals surface area contributed by atoms with Gasteiger partial charge in [0.15, 0.2) is 0 Å². The van der Waals surface area contributed by atoms with Crippen molar-refractivity contribution in [1.29, 1.82) is 0 Å². The first-order chi connectivity index (χ1) is 11.0. The molecule has 2 nitrogen and oxygen atoms in total. The van der Waals surface area contributed by atoms with E-state index >= 15 is 0 Å². The third-order valence-electron chi connectivity index (χ3n) is 4.35. The SMILES string of the molecule is COc1ccc(CN2CCC(F)(F)CC2)c(C(F)(F)F)c1C(C)C. The lowest BCUT2D eigenvalue weighted by molar-refractivity contribution is -0.139. The maximum absolute atomic E-state index is 13.7. The van der Waals surface area contributed by atoms with E-state index in [1.807, 2.05) is 0 Å². The van der Waals surface area contributed by atoms with Crippen LogP contribution in [0.5, 0.6) is 5.75 Å². The lowest BCUT2D eigenvalue weighted by Crippen LogP contribution is -2.39. The fourth-order valence-corrected chi connectivity index (χ4v) is 3.14. The Morgan fingerprint density at radius 1 is 1.17 bits per heavy atom.